The van der Waals surface area contributed by atoms with Gasteiger partial charge in [0.05, 0.1) is 46.9 Å². The summed E-state index contributed by atoms with van der Waals surface area (Å²) in [7, 11) is 0. The predicted molar refractivity (Wildman–Crippen MR) is 298 cm³/mol. The van der Waals surface area contributed by atoms with Crippen molar-refractivity contribution in [2.24, 2.45) is 0 Å². The van der Waals surface area contributed by atoms with Gasteiger partial charge in [0.2, 0.25) is 0 Å². The summed E-state index contributed by atoms with van der Waals surface area (Å²) in [6.45, 7) is 20.3. The molecule has 0 spiro atoms. The second kappa shape index (κ2) is 26.0. The summed E-state index contributed by atoms with van der Waals surface area (Å²) in [5.41, 5.74) is 13.9. The Hall–Kier alpha value is -7.55. The molecule has 0 bridgehead atoms. The number of nitrogens with one attached hydrogen (secondary N) is 1. The van der Waals surface area contributed by atoms with Gasteiger partial charge < -0.3 is 30.3 Å². The highest BCUT2D eigenvalue weighted by Gasteiger charge is 2.25. The number of anilines is 3. The minimum absolute atomic E-state index is 0.255. The zero-order valence-electron chi connectivity index (χ0n) is 44.9. The Labute approximate surface area is 454 Å². The van der Waals surface area contributed by atoms with Gasteiger partial charge in [0.15, 0.2) is 5.82 Å². The number of carbonyl (C=O) groups is 2. The largest absolute Gasteiger partial charge is 0.465 e. The van der Waals surface area contributed by atoms with Crippen molar-refractivity contribution in [3.05, 3.63) is 114 Å². The average Bonchev–Trinajstić information content (AvgIpc) is 4.30. The molecule has 0 aliphatic carbocycles. The third kappa shape index (κ3) is 16.2. The smallest absolute Gasteiger partial charge is 0.302 e. The molecule has 2 aliphatic heterocycles. The maximum atomic E-state index is 11.3. The quantitative estimate of drug-likeness (QED) is 0.0603. The second-order valence-electron chi connectivity index (χ2n) is 20.8. The maximum Gasteiger partial charge on any atom is 0.302 e. The SMILES string of the molecule is CC(=O)OCC(C)(C)c1cnnc(N)c1.CC(=O)OCC(C)(C)c1cnnc(Nc2ccc3ncc(-c4cnn(CCCN5CCCC5)c4)cc3n2)c1.Clc1ccc2ncc(-c3cnn(CCCN4CCCC4)c3)cc2n1. The molecule has 10 heterocycles. The Morgan fingerprint density at radius 1 is 0.584 bits per heavy atom. The molecule has 0 unspecified atom stereocenters. The number of rotatable bonds is 18. The number of nitrogens with zero attached hydrogens (tertiary/aromatic N) is 14. The first-order chi connectivity index (χ1) is 37.0. The average molecular weight is 1070 g/mol. The molecular formula is C56H69ClN16O4. The van der Waals surface area contributed by atoms with Crippen molar-refractivity contribution < 1.29 is 19.1 Å². The molecule has 8 aromatic heterocycles. The molecule has 2 aliphatic rings. The van der Waals surface area contributed by atoms with Gasteiger partial charge in [-0.2, -0.15) is 20.4 Å². The fraction of sp³-hybridized carbons (Fsp3) is 0.429. The molecule has 2 saturated heterocycles. The van der Waals surface area contributed by atoms with Gasteiger partial charge in [-0.15, -0.1) is 10.2 Å². The van der Waals surface area contributed by atoms with E-state index in [1.54, 1.807) is 24.5 Å². The van der Waals surface area contributed by atoms with Crippen LogP contribution in [0.25, 0.3) is 44.3 Å². The van der Waals surface area contributed by atoms with Gasteiger partial charge in [-0.25, -0.2) is 9.97 Å². The molecule has 0 amide bonds. The molecule has 404 valence electrons. The summed E-state index contributed by atoms with van der Waals surface area (Å²) in [6.07, 6.45) is 22.5. The van der Waals surface area contributed by atoms with E-state index in [0.29, 0.717) is 29.2 Å². The van der Waals surface area contributed by atoms with Gasteiger partial charge in [0, 0.05) is 84.8 Å². The molecule has 10 rings (SSSR count). The van der Waals surface area contributed by atoms with Crippen LogP contribution < -0.4 is 11.1 Å². The first-order valence-electron chi connectivity index (χ1n) is 26.2. The number of hydrogen-bond acceptors (Lipinski definition) is 18. The number of nitrogens with two attached hydrogens (primary N) is 1. The third-order valence-corrected chi connectivity index (χ3v) is 13.7. The monoisotopic (exact) mass is 1060 g/mol. The Bertz CT molecular complexity index is 3240. The van der Waals surface area contributed by atoms with Gasteiger partial charge in [-0.05, 0) is 137 Å². The maximum absolute atomic E-state index is 11.3. The number of fused-ring (bicyclic) bond motifs is 2. The Morgan fingerprint density at radius 2 is 1.08 bits per heavy atom. The van der Waals surface area contributed by atoms with Crippen LogP contribution in [0.4, 0.5) is 17.5 Å². The van der Waals surface area contributed by atoms with Crippen LogP contribution in [0.15, 0.2) is 98.1 Å². The number of pyridine rings is 4. The summed E-state index contributed by atoms with van der Waals surface area (Å²) in [4.78, 5) is 45.2. The van der Waals surface area contributed by atoms with Crippen LogP contribution in [0.2, 0.25) is 5.15 Å². The van der Waals surface area contributed by atoms with Gasteiger partial charge in [0.1, 0.15) is 30.0 Å². The first kappa shape index (κ1) is 55.7. The molecule has 0 radical (unpaired) electrons. The number of carbonyl (C=O) groups excluding carboxylic acids is 2. The van der Waals surface area contributed by atoms with E-state index in [4.69, 9.17) is 31.8 Å². The molecule has 8 aromatic rings. The van der Waals surface area contributed by atoms with Crippen molar-refractivity contribution in [3.8, 4) is 22.3 Å². The minimum Gasteiger partial charge on any atom is -0.465 e. The highest BCUT2D eigenvalue weighted by atomic mass is 35.5. The highest BCUT2D eigenvalue weighted by molar-refractivity contribution is 6.29. The molecular weight excluding hydrogens is 996 g/mol. The van der Waals surface area contributed by atoms with Crippen molar-refractivity contribution >= 4 is 63.1 Å². The van der Waals surface area contributed by atoms with E-state index in [1.807, 2.05) is 98.2 Å². The predicted octanol–water partition coefficient (Wildman–Crippen LogP) is 8.89. The zero-order valence-corrected chi connectivity index (χ0v) is 45.7. The van der Waals surface area contributed by atoms with Crippen LogP contribution >= 0.6 is 11.6 Å². The second-order valence-corrected chi connectivity index (χ2v) is 21.2. The van der Waals surface area contributed by atoms with Crippen molar-refractivity contribution in [2.75, 3.05) is 63.5 Å². The first-order valence-corrected chi connectivity index (χ1v) is 26.6. The van der Waals surface area contributed by atoms with Gasteiger partial charge in [0.25, 0.3) is 0 Å². The lowest BCUT2D eigenvalue weighted by Crippen LogP contribution is -2.26. The van der Waals surface area contributed by atoms with Crippen LogP contribution in [0, 0.1) is 0 Å². The molecule has 21 heteroatoms. The number of halogens is 1. The third-order valence-electron chi connectivity index (χ3n) is 13.5. The minimum atomic E-state index is -0.410. The highest BCUT2D eigenvalue weighted by Crippen LogP contribution is 2.28. The number of aryl methyl sites for hydroxylation is 2. The number of nitrogen functional groups attached to an aromatic ring is 1. The van der Waals surface area contributed by atoms with Crippen LogP contribution in [-0.4, -0.2) is 134 Å². The Balaban J connectivity index is 0.000000171. The summed E-state index contributed by atoms with van der Waals surface area (Å²) in [5, 5.41) is 28.5. The van der Waals surface area contributed by atoms with Crippen molar-refractivity contribution in [3.63, 3.8) is 0 Å². The van der Waals surface area contributed by atoms with E-state index in [0.717, 1.165) is 94.5 Å². The zero-order chi connectivity index (χ0) is 54.4. The van der Waals surface area contributed by atoms with E-state index in [2.05, 4.69) is 73.1 Å². The standard InChI is InChI=1S/C28H34N8O2.C18H20ClN5.C10H15N3O2/c1-20(37)38-19-28(2,3)23-14-27(34-30-17-23)33-26-8-7-24-25(32-26)13-21(15-29-24)22-16-31-36(18-22)12-6-11-35-9-4-5-10-35;19-18-5-4-16-17(22-18)10-14(11-20-16)15-12-21-24(13-15)9-3-8-23-6-1-2-7-23;1-7(14)15-6-10(2,3)8-4-9(11)13-12-5-8/h7-8,13-18H,4-6,9-12,19H2,1-3H3,(H,32,33,34);4-5,10-13H,1-3,6-9H2;4-5H,6H2,1-3H3,(H2,11,13). The lowest BCUT2D eigenvalue weighted by Gasteiger charge is -2.24. The van der Waals surface area contributed by atoms with Gasteiger partial charge in [-0.3, -0.25) is 28.9 Å². The van der Waals surface area contributed by atoms with E-state index in [-0.39, 0.29) is 24.0 Å². The van der Waals surface area contributed by atoms with E-state index in [9.17, 15) is 9.59 Å². The summed E-state index contributed by atoms with van der Waals surface area (Å²) < 4.78 is 14.2. The van der Waals surface area contributed by atoms with Crippen molar-refractivity contribution in [2.45, 2.75) is 104 Å². The molecule has 2 fully saturated rings. The fourth-order valence-electron chi connectivity index (χ4n) is 8.98. The Kier molecular flexibility index (Phi) is 18.8. The molecule has 0 atom stereocenters. The van der Waals surface area contributed by atoms with Crippen LogP contribution in [-0.2, 0) is 43.0 Å². The number of hydrogen-bond donors (Lipinski definition) is 2. The van der Waals surface area contributed by atoms with E-state index >= 15 is 0 Å². The fourth-order valence-corrected chi connectivity index (χ4v) is 9.14. The van der Waals surface area contributed by atoms with Gasteiger partial charge in [-0.1, -0.05) is 39.3 Å². The number of ether oxygens (including phenoxy) is 2. The summed E-state index contributed by atoms with van der Waals surface area (Å²) >= 11 is 5.97. The topological polar surface area (TPSA) is 236 Å². The van der Waals surface area contributed by atoms with Crippen LogP contribution in [0.1, 0.15) is 91.2 Å². The van der Waals surface area contributed by atoms with Gasteiger partial charge >= 0.3 is 11.9 Å². The molecule has 0 aromatic carbocycles. The molecule has 0 saturated carbocycles. The van der Waals surface area contributed by atoms with Crippen LogP contribution in [0.3, 0.4) is 0 Å². The lowest BCUT2D eigenvalue weighted by atomic mass is 9.87. The number of likely N-dealkylation sites (tertiary alicyclic amines) is 2. The summed E-state index contributed by atoms with van der Waals surface area (Å²) in [6, 6.07) is 15.1. The number of esters is 2. The molecule has 77 heavy (non-hydrogen) atoms. The molecule has 3 N–H and O–H groups in total. The molecule has 20 nitrogen and oxygen atoms in total. The number of aromatic nitrogens is 12. The van der Waals surface area contributed by atoms with Crippen LogP contribution in [0.5, 0.6) is 0 Å². The van der Waals surface area contributed by atoms with Crippen molar-refractivity contribution in [1.82, 2.24) is 69.7 Å². The Morgan fingerprint density at radius 3 is 1.60 bits per heavy atom. The van der Waals surface area contributed by atoms with Crippen molar-refractivity contribution in [1.29, 1.82) is 0 Å². The summed E-state index contributed by atoms with van der Waals surface area (Å²) in [5.74, 6) is 0.959. The van der Waals surface area contributed by atoms with E-state index < -0.39 is 5.41 Å². The normalized spacial score (nSPS) is 14.0. The lowest BCUT2D eigenvalue weighted by molar-refractivity contribution is -0.143. The van der Waals surface area contributed by atoms with E-state index in [1.165, 1.54) is 65.7 Å².